The van der Waals surface area contributed by atoms with Crippen molar-refractivity contribution in [2.45, 2.75) is 44.2 Å². The van der Waals surface area contributed by atoms with E-state index < -0.39 is 0 Å². The maximum Gasteiger partial charge on any atom is 0.0991 e. The molecule has 0 unspecified atom stereocenters. The van der Waals surface area contributed by atoms with E-state index in [2.05, 4.69) is 28.0 Å². The summed E-state index contributed by atoms with van der Waals surface area (Å²) in [5.41, 5.74) is 2.04. The van der Waals surface area contributed by atoms with Gasteiger partial charge in [-0.25, -0.2) is 0 Å². The average Bonchev–Trinajstić information content (AvgIpc) is 3.39. The first-order chi connectivity index (χ1) is 10.3. The van der Waals surface area contributed by atoms with Crippen LogP contribution in [0.15, 0.2) is 24.3 Å². The number of likely N-dealkylation sites (tertiary alicyclic amines) is 1. The third kappa shape index (κ3) is 2.53. The standard InChI is InChI=1S/C18H23N3/c19-12-14-3-5-16(6-4-14)20-11-9-18-15(13-20)2-1-10-21(18)17-7-8-17/h3-6,15,17-18H,1-2,7-11,13H2/t15-,18-/m1/s1. The van der Waals surface area contributed by atoms with E-state index in [1.165, 1.54) is 50.9 Å². The molecule has 2 aliphatic heterocycles. The van der Waals surface area contributed by atoms with E-state index in [-0.39, 0.29) is 0 Å². The molecule has 0 spiro atoms. The van der Waals surface area contributed by atoms with Crippen LogP contribution in [0, 0.1) is 17.2 Å². The number of nitriles is 1. The van der Waals surface area contributed by atoms with Crippen LogP contribution in [0.5, 0.6) is 0 Å². The summed E-state index contributed by atoms with van der Waals surface area (Å²) in [5, 5.41) is 8.91. The van der Waals surface area contributed by atoms with Gasteiger partial charge in [-0.2, -0.15) is 5.26 Å². The van der Waals surface area contributed by atoms with Crippen molar-refractivity contribution in [2.75, 3.05) is 24.5 Å². The minimum absolute atomic E-state index is 0.756. The number of anilines is 1. The third-order valence-electron chi connectivity index (χ3n) is 5.49. The summed E-state index contributed by atoms with van der Waals surface area (Å²) >= 11 is 0. The van der Waals surface area contributed by atoms with Crippen molar-refractivity contribution in [1.29, 1.82) is 5.26 Å². The molecule has 3 nitrogen and oxygen atoms in total. The van der Waals surface area contributed by atoms with Crippen LogP contribution in [0.4, 0.5) is 5.69 Å². The van der Waals surface area contributed by atoms with Gasteiger partial charge >= 0.3 is 0 Å². The van der Waals surface area contributed by atoms with Crippen molar-refractivity contribution in [2.24, 2.45) is 5.92 Å². The number of rotatable bonds is 2. The topological polar surface area (TPSA) is 30.3 Å². The summed E-state index contributed by atoms with van der Waals surface area (Å²) in [6.07, 6.45) is 6.94. The highest BCUT2D eigenvalue weighted by Gasteiger charge is 2.41. The van der Waals surface area contributed by atoms with Crippen molar-refractivity contribution in [3.05, 3.63) is 29.8 Å². The number of hydrogen-bond donors (Lipinski definition) is 0. The van der Waals surface area contributed by atoms with Crippen molar-refractivity contribution in [1.82, 2.24) is 4.90 Å². The molecule has 2 atom stereocenters. The van der Waals surface area contributed by atoms with Gasteiger partial charge in [0.05, 0.1) is 11.6 Å². The molecule has 1 saturated carbocycles. The summed E-state index contributed by atoms with van der Waals surface area (Å²) in [6, 6.07) is 12.1. The minimum atomic E-state index is 0.756. The average molecular weight is 281 g/mol. The van der Waals surface area contributed by atoms with E-state index in [0.29, 0.717) is 0 Å². The Bertz CT molecular complexity index is 541. The van der Waals surface area contributed by atoms with Crippen LogP contribution in [0.2, 0.25) is 0 Å². The first kappa shape index (κ1) is 13.2. The number of fused-ring (bicyclic) bond motifs is 1. The highest BCUT2D eigenvalue weighted by atomic mass is 15.3. The SMILES string of the molecule is N#Cc1ccc(N2CC[C@@H]3[C@H](CCCN3C3CC3)C2)cc1. The molecule has 3 fully saturated rings. The molecule has 1 aromatic carbocycles. The Balaban J connectivity index is 1.47. The Kier molecular flexibility index (Phi) is 3.35. The Morgan fingerprint density at radius 1 is 1.00 bits per heavy atom. The molecule has 0 aromatic heterocycles. The van der Waals surface area contributed by atoms with E-state index in [0.717, 1.165) is 30.1 Å². The first-order valence-corrected chi connectivity index (χ1v) is 8.36. The molecule has 1 aromatic rings. The Labute approximate surface area is 127 Å². The molecular weight excluding hydrogens is 258 g/mol. The largest absolute Gasteiger partial charge is 0.371 e. The van der Waals surface area contributed by atoms with E-state index in [1.54, 1.807) is 0 Å². The second kappa shape index (κ2) is 5.35. The lowest BCUT2D eigenvalue weighted by Crippen LogP contribution is -2.54. The molecule has 110 valence electrons. The van der Waals surface area contributed by atoms with Crippen molar-refractivity contribution in [3.63, 3.8) is 0 Å². The van der Waals surface area contributed by atoms with Gasteiger partial charge in [0.1, 0.15) is 0 Å². The maximum atomic E-state index is 8.91. The zero-order chi connectivity index (χ0) is 14.2. The molecule has 2 heterocycles. The molecule has 21 heavy (non-hydrogen) atoms. The maximum absolute atomic E-state index is 8.91. The molecule has 0 radical (unpaired) electrons. The molecule has 4 rings (SSSR count). The van der Waals surface area contributed by atoms with Crippen LogP contribution in [0.3, 0.4) is 0 Å². The molecule has 0 bridgehead atoms. The van der Waals surface area contributed by atoms with Gasteiger partial charge in [-0.05, 0) is 68.8 Å². The lowest BCUT2D eigenvalue weighted by Gasteiger charge is -2.48. The molecule has 3 heteroatoms. The summed E-state index contributed by atoms with van der Waals surface area (Å²) < 4.78 is 0. The van der Waals surface area contributed by atoms with Crippen molar-refractivity contribution >= 4 is 5.69 Å². The van der Waals surface area contributed by atoms with Crippen LogP contribution in [-0.4, -0.2) is 36.6 Å². The predicted molar refractivity (Wildman–Crippen MR) is 84.2 cm³/mol. The Morgan fingerprint density at radius 2 is 1.81 bits per heavy atom. The normalized spacial score (nSPS) is 29.8. The number of benzene rings is 1. The molecule has 2 saturated heterocycles. The van der Waals surface area contributed by atoms with Crippen LogP contribution < -0.4 is 4.90 Å². The van der Waals surface area contributed by atoms with Gasteiger partial charge in [0.2, 0.25) is 0 Å². The zero-order valence-electron chi connectivity index (χ0n) is 12.5. The van der Waals surface area contributed by atoms with Gasteiger partial charge in [0.25, 0.3) is 0 Å². The molecule has 3 aliphatic rings. The molecular formula is C18H23N3. The fourth-order valence-corrected chi connectivity index (χ4v) is 4.28. The van der Waals surface area contributed by atoms with Crippen LogP contribution in [0.1, 0.15) is 37.7 Å². The van der Waals surface area contributed by atoms with Crippen molar-refractivity contribution < 1.29 is 0 Å². The fraction of sp³-hybridized carbons (Fsp3) is 0.611. The van der Waals surface area contributed by atoms with Crippen LogP contribution >= 0.6 is 0 Å². The van der Waals surface area contributed by atoms with Gasteiger partial charge in [-0.3, -0.25) is 4.90 Å². The Hall–Kier alpha value is -1.53. The second-order valence-electron chi connectivity index (χ2n) is 6.83. The monoisotopic (exact) mass is 281 g/mol. The molecule has 1 aliphatic carbocycles. The van der Waals surface area contributed by atoms with Gasteiger partial charge in [-0.15, -0.1) is 0 Å². The smallest absolute Gasteiger partial charge is 0.0991 e. The first-order valence-electron chi connectivity index (χ1n) is 8.36. The van der Waals surface area contributed by atoms with Crippen LogP contribution in [0.25, 0.3) is 0 Å². The Morgan fingerprint density at radius 3 is 2.52 bits per heavy atom. The molecule has 0 N–H and O–H groups in total. The summed E-state index contributed by atoms with van der Waals surface area (Å²) in [7, 11) is 0. The summed E-state index contributed by atoms with van der Waals surface area (Å²) in [6.45, 7) is 3.69. The van der Waals surface area contributed by atoms with Gasteiger partial charge in [-0.1, -0.05) is 0 Å². The molecule has 0 amide bonds. The lowest BCUT2D eigenvalue weighted by molar-refractivity contribution is 0.0698. The van der Waals surface area contributed by atoms with Gasteiger partial charge in [0.15, 0.2) is 0 Å². The third-order valence-corrected chi connectivity index (χ3v) is 5.49. The number of nitrogens with zero attached hydrogens (tertiary/aromatic N) is 3. The predicted octanol–water partition coefficient (Wildman–Crippen LogP) is 3.01. The quantitative estimate of drug-likeness (QED) is 0.835. The van der Waals surface area contributed by atoms with E-state index >= 15 is 0 Å². The van der Waals surface area contributed by atoms with Gasteiger partial charge in [0, 0.05) is 30.9 Å². The summed E-state index contributed by atoms with van der Waals surface area (Å²) in [4.78, 5) is 5.35. The highest BCUT2D eigenvalue weighted by Crippen LogP contribution is 2.39. The van der Waals surface area contributed by atoms with Crippen molar-refractivity contribution in [3.8, 4) is 6.07 Å². The number of hydrogen-bond acceptors (Lipinski definition) is 3. The number of piperidine rings is 2. The lowest BCUT2D eigenvalue weighted by atomic mass is 9.83. The second-order valence-corrected chi connectivity index (χ2v) is 6.83. The van der Waals surface area contributed by atoms with E-state index in [4.69, 9.17) is 5.26 Å². The van der Waals surface area contributed by atoms with E-state index in [1.807, 2.05) is 12.1 Å². The van der Waals surface area contributed by atoms with Gasteiger partial charge < -0.3 is 4.90 Å². The van der Waals surface area contributed by atoms with E-state index in [9.17, 15) is 0 Å². The fourth-order valence-electron chi connectivity index (χ4n) is 4.28. The zero-order valence-corrected chi connectivity index (χ0v) is 12.5. The summed E-state index contributed by atoms with van der Waals surface area (Å²) in [5.74, 6) is 0.837. The minimum Gasteiger partial charge on any atom is -0.371 e. The highest BCUT2D eigenvalue weighted by molar-refractivity contribution is 5.50. The van der Waals surface area contributed by atoms with Crippen LogP contribution in [-0.2, 0) is 0 Å².